The van der Waals surface area contributed by atoms with Crippen LogP contribution in [0.15, 0.2) is 36.4 Å². The molecule has 7 heteroatoms. The van der Waals surface area contributed by atoms with Crippen LogP contribution in [0.5, 0.6) is 17.2 Å². The molecule has 0 unspecified atom stereocenters. The minimum absolute atomic E-state index is 0.0100. The number of halogens is 2. The quantitative estimate of drug-likeness (QED) is 0.850. The molecule has 0 amide bonds. The first kappa shape index (κ1) is 13.3. The van der Waals surface area contributed by atoms with E-state index in [0.29, 0.717) is 22.8 Å². The van der Waals surface area contributed by atoms with Gasteiger partial charge in [-0.05, 0) is 24.3 Å². The van der Waals surface area contributed by atoms with Crippen LogP contribution >= 0.6 is 0 Å². The Bertz CT molecular complexity index is 692. The summed E-state index contributed by atoms with van der Waals surface area (Å²) in [6.07, 6.45) is -3.63. The fourth-order valence-corrected chi connectivity index (χ4v) is 1.95. The number of fused-ring (bicyclic) bond motifs is 1. The van der Waals surface area contributed by atoms with Crippen molar-refractivity contribution in [2.75, 3.05) is 18.2 Å². The van der Waals surface area contributed by atoms with Gasteiger partial charge in [-0.3, -0.25) is 0 Å². The van der Waals surface area contributed by atoms with Crippen molar-refractivity contribution >= 4 is 17.1 Å². The average molecular weight is 294 g/mol. The molecule has 0 saturated carbocycles. The average Bonchev–Trinajstić information content (AvgIpc) is 2.74. The molecule has 1 aliphatic rings. The second-order valence-corrected chi connectivity index (χ2v) is 4.41. The summed E-state index contributed by atoms with van der Waals surface area (Å²) in [5.74, 6) is 0.578. The van der Waals surface area contributed by atoms with E-state index in [1.165, 1.54) is 19.2 Å². The predicted molar refractivity (Wildman–Crippen MR) is 73.3 cm³/mol. The molecule has 0 fully saturated rings. The van der Waals surface area contributed by atoms with Crippen LogP contribution in [0.4, 0.5) is 25.8 Å². The lowest BCUT2D eigenvalue weighted by molar-refractivity contribution is -0.286. The molecule has 3 N–H and O–H groups in total. The van der Waals surface area contributed by atoms with Gasteiger partial charge in [0.2, 0.25) is 0 Å². The molecule has 1 heterocycles. The van der Waals surface area contributed by atoms with Gasteiger partial charge in [0, 0.05) is 17.8 Å². The Balaban J connectivity index is 1.87. The normalized spacial score (nSPS) is 14.8. The van der Waals surface area contributed by atoms with Gasteiger partial charge in [-0.25, -0.2) is 0 Å². The summed E-state index contributed by atoms with van der Waals surface area (Å²) in [4.78, 5) is 0. The van der Waals surface area contributed by atoms with Crippen LogP contribution < -0.4 is 25.3 Å². The topological polar surface area (TPSA) is 65.7 Å². The molecule has 0 aliphatic carbocycles. The number of ether oxygens (including phenoxy) is 3. The minimum Gasteiger partial charge on any atom is -0.497 e. The van der Waals surface area contributed by atoms with Gasteiger partial charge >= 0.3 is 6.29 Å². The molecule has 21 heavy (non-hydrogen) atoms. The molecule has 0 spiro atoms. The van der Waals surface area contributed by atoms with Crippen LogP contribution in [-0.4, -0.2) is 13.4 Å². The Kier molecular flexibility index (Phi) is 2.97. The molecule has 5 nitrogen and oxygen atoms in total. The molecule has 110 valence electrons. The zero-order valence-corrected chi connectivity index (χ0v) is 11.0. The van der Waals surface area contributed by atoms with Gasteiger partial charge in [-0.15, -0.1) is 8.78 Å². The molecule has 1 aliphatic heterocycles. The third-order valence-electron chi connectivity index (χ3n) is 2.94. The predicted octanol–water partition coefficient (Wildman–Crippen LogP) is 3.34. The molecule has 2 aromatic carbocycles. The number of nitrogens with one attached hydrogen (secondary N) is 1. The maximum absolute atomic E-state index is 13.0. The lowest BCUT2D eigenvalue weighted by atomic mass is 10.2. The number of benzene rings is 2. The lowest BCUT2D eigenvalue weighted by Crippen LogP contribution is -2.25. The van der Waals surface area contributed by atoms with Crippen molar-refractivity contribution in [3.05, 3.63) is 36.4 Å². The van der Waals surface area contributed by atoms with E-state index in [9.17, 15) is 8.78 Å². The van der Waals surface area contributed by atoms with Gasteiger partial charge in [-0.1, -0.05) is 0 Å². The van der Waals surface area contributed by atoms with Crippen molar-refractivity contribution in [1.82, 2.24) is 0 Å². The number of nitrogen functional groups attached to an aromatic ring is 1. The second-order valence-electron chi connectivity index (χ2n) is 4.41. The number of anilines is 3. The minimum atomic E-state index is -3.63. The largest absolute Gasteiger partial charge is 0.586 e. The molecular weight excluding hydrogens is 282 g/mol. The SMILES string of the molecule is COc1ccc(N)c(Nc2ccc3c(c2)OC(F)(F)O3)c1. The zero-order chi connectivity index (χ0) is 15.0. The Morgan fingerprint density at radius 2 is 1.86 bits per heavy atom. The second kappa shape index (κ2) is 4.69. The fraction of sp³-hybridized carbons (Fsp3) is 0.143. The Labute approximate surface area is 119 Å². The first-order valence-electron chi connectivity index (χ1n) is 6.07. The van der Waals surface area contributed by atoms with Crippen molar-refractivity contribution in [2.24, 2.45) is 0 Å². The highest BCUT2D eigenvalue weighted by atomic mass is 19.3. The van der Waals surface area contributed by atoms with Gasteiger partial charge < -0.3 is 25.3 Å². The number of methoxy groups -OCH3 is 1. The lowest BCUT2D eigenvalue weighted by Gasteiger charge is -2.11. The molecule has 0 atom stereocenters. The molecule has 0 saturated heterocycles. The van der Waals surface area contributed by atoms with Crippen molar-refractivity contribution in [2.45, 2.75) is 6.29 Å². The standard InChI is InChI=1S/C14H12F2N2O3/c1-19-9-3-4-10(17)11(7-9)18-8-2-5-12-13(6-8)21-14(15,16)20-12/h2-7,18H,17H2,1H3. The van der Waals surface area contributed by atoms with Crippen molar-refractivity contribution < 1.29 is 23.0 Å². The Hall–Kier alpha value is -2.70. The highest BCUT2D eigenvalue weighted by molar-refractivity contribution is 5.75. The molecular formula is C14H12F2N2O3. The van der Waals surface area contributed by atoms with Crippen LogP contribution in [-0.2, 0) is 0 Å². The third-order valence-corrected chi connectivity index (χ3v) is 2.94. The van der Waals surface area contributed by atoms with Gasteiger partial charge in [0.05, 0.1) is 18.5 Å². The van der Waals surface area contributed by atoms with Gasteiger partial charge in [-0.2, -0.15) is 0 Å². The summed E-state index contributed by atoms with van der Waals surface area (Å²) in [7, 11) is 1.54. The molecule has 0 radical (unpaired) electrons. The first-order chi connectivity index (χ1) is 9.97. The maximum Gasteiger partial charge on any atom is 0.586 e. The van der Waals surface area contributed by atoms with Gasteiger partial charge in [0.25, 0.3) is 0 Å². The van der Waals surface area contributed by atoms with Crippen molar-refractivity contribution in [1.29, 1.82) is 0 Å². The van der Waals surface area contributed by atoms with E-state index in [4.69, 9.17) is 10.5 Å². The number of rotatable bonds is 3. The Morgan fingerprint density at radius 3 is 2.62 bits per heavy atom. The third kappa shape index (κ3) is 2.62. The Morgan fingerprint density at radius 1 is 1.10 bits per heavy atom. The number of hydrogen-bond donors (Lipinski definition) is 2. The number of hydrogen-bond acceptors (Lipinski definition) is 5. The van der Waals surface area contributed by atoms with E-state index in [1.807, 2.05) is 0 Å². The zero-order valence-electron chi connectivity index (χ0n) is 11.0. The highest BCUT2D eigenvalue weighted by Crippen LogP contribution is 2.42. The smallest absolute Gasteiger partial charge is 0.497 e. The first-order valence-corrected chi connectivity index (χ1v) is 6.07. The summed E-state index contributed by atoms with van der Waals surface area (Å²) in [6.45, 7) is 0. The molecule has 3 rings (SSSR count). The van der Waals surface area contributed by atoms with Gasteiger partial charge in [0.15, 0.2) is 11.5 Å². The van der Waals surface area contributed by atoms with E-state index < -0.39 is 6.29 Å². The summed E-state index contributed by atoms with van der Waals surface area (Å²) < 4.78 is 39.8. The fourth-order valence-electron chi connectivity index (χ4n) is 1.95. The summed E-state index contributed by atoms with van der Waals surface area (Å²) in [5.41, 5.74) is 7.49. The van der Waals surface area contributed by atoms with Crippen molar-refractivity contribution in [3.63, 3.8) is 0 Å². The summed E-state index contributed by atoms with van der Waals surface area (Å²) in [5, 5.41) is 3.02. The maximum atomic E-state index is 13.0. The van der Waals surface area contributed by atoms with Crippen LogP contribution in [0.25, 0.3) is 0 Å². The molecule has 0 bridgehead atoms. The van der Waals surface area contributed by atoms with E-state index >= 15 is 0 Å². The summed E-state index contributed by atoms with van der Waals surface area (Å²) in [6, 6.07) is 9.50. The number of nitrogens with two attached hydrogens (primary N) is 1. The monoisotopic (exact) mass is 294 g/mol. The van der Waals surface area contributed by atoms with E-state index in [-0.39, 0.29) is 11.5 Å². The highest BCUT2D eigenvalue weighted by Gasteiger charge is 2.43. The molecule has 0 aromatic heterocycles. The molecule has 2 aromatic rings. The van der Waals surface area contributed by atoms with Crippen LogP contribution in [0.2, 0.25) is 0 Å². The van der Waals surface area contributed by atoms with Crippen LogP contribution in [0.3, 0.4) is 0 Å². The van der Waals surface area contributed by atoms with Crippen LogP contribution in [0.1, 0.15) is 0 Å². The number of alkyl halides is 2. The summed E-state index contributed by atoms with van der Waals surface area (Å²) >= 11 is 0. The van der Waals surface area contributed by atoms with Gasteiger partial charge in [0.1, 0.15) is 5.75 Å². The van der Waals surface area contributed by atoms with E-state index in [2.05, 4.69) is 14.8 Å². The van der Waals surface area contributed by atoms with E-state index in [1.54, 1.807) is 24.3 Å². The van der Waals surface area contributed by atoms with Crippen LogP contribution in [0, 0.1) is 0 Å². The van der Waals surface area contributed by atoms with Crippen molar-refractivity contribution in [3.8, 4) is 17.2 Å². The van der Waals surface area contributed by atoms with E-state index in [0.717, 1.165) is 0 Å².